The quantitative estimate of drug-likeness (QED) is 0.495. The number of fused-ring (bicyclic) bond motifs is 1. The molecule has 0 unspecified atom stereocenters. The number of nitrogens with zero attached hydrogens (tertiary/aromatic N) is 1. The molecule has 1 amide bonds. The fourth-order valence-corrected chi connectivity index (χ4v) is 2.69. The summed E-state index contributed by atoms with van der Waals surface area (Å²) in [6.45, 7) is 0. The Kier molecular flexibility index (Phi) is 4.25. The first kappa shape index (κ1) is 16.7. The zero-order chi connectivity index (χ0) is 18.8. The molecule has 0 saturated carbocycles. The van der Waals surface area contributed by atoms with Gasteiger partial charge in [-0.2, -0.15) is 5.10 Å². The highest BCUT2D eigenvalue weighted by Gasteiger charge is 2.13. The topological polar surface area (TPSA) is 73.6 Å². The van der Waals surface area contributed by atoms with Gasteiger partial charge in [0, 0.05) is 17.6 Å². The average Bonchev–Trinajstić information content (AvgIpc) is 3.32. The largest absolute Gasteiger partial charge is 0.357 e. The molecule has 0 bridgehead atoms. The highest BCUT2D eigenvalue weighted by atomic mass is 19.1. The Bertz CT molecular complexity index is 1130. The van der Waals surface area contributed by atoms with E-state index in [0.717, 1.165) is 5.56 Å². The number of nitrogens with one attached hydrogen (secondary N) is 3. The van der Waals surface area contributed by atoms with Gasteiger partial charge in [0.2, 0.25) is 0 Å². The summed E-state index contributed by atoms with van der Waals surface area (Å²) in [6.07, 6.45) is 5.12. The Hall–Kier alpha value is -3.74. The summed E-state index contributed by atoms with van der Waals surface area (Å²) in [6, 6.07) is 12.1. The van der Waals surface area contributed by atoms with Crippen molar-refractivity contribution in [2.24, 2.45) is 0 Å². The number of rotatable bonds is 4. The monoisotopic (exact) mass is 364 g/mol. The van der Waals surface area contributed by atoms with E-state index < -0.39 is 11.7 Å². The summed E-state index contributed by atoms with van der Waals surface area (Å²) in [7, 11) is 0. The number of amides is 1. The molecular weight excluding hydrogens is 350 g/mol. The molecular formula is C20H14F2N4O. The molecule has 5 nitrogen and oxygen atoms in total. The van der Waals surface area contributed by atoms with Crippen LogP contribution in [0.4, 0.5) is 14.5 Å². The van der Waals surface area contributed by atoms with E-state index in [1.54, 1.807) is 42.6 Å². The van der Waals surface area contributed by atoms with Gasteiger partial charge in [0.1, 0.15) is 17.3 Å². The molecule has 0 radical (unpaired) electrons. The molecule has 0 aliphatic rings. The van der Waals surface area contributed by atoms with Crippen LogP contribution in [0.3, 0.4) is 0 Å². The number of carbonyl (C=O) groups excluding carboxylic acids is 1. The van der Waals surface area contributed by atoms with E-state index >= 15 is 0 Å². The van der Waals surface area contributed by atoms with Crippen LogP contribution < -0.4 is 5.32 Å². The van der Waals surface area contributed by atoms with Gasteiger partial charge in [-0.25, -0.2) is 8.78 Å². The first-order valence-electron chi connectivity index (χ1n) is 8.16. The lowest BCUT2D eigenvalue weighted by atomic mass is 10.1. The molecule has 0 spiro atoms. The van der Waals surface area contributed by atoms with Gasteiger partial charge in [0.05, 0.1) is 16.9 Å². The number of anilines is 1. The van der Waals surface area contributed by atoms with Crippen molar-refractivity contribution < 1.29 is 13.6 Å². The Morgan fingerprint density at radius 2 is 1.89 bits per heavy atom. The molecule has 2 heterocycles. The van der Waals surface area contributed by atoms with Gasteiger partial charge in [-0.05, 0) is 42.0 Å². The molecule has 4 aromatic rings. The molecule has 7 heteroatoms. The second kappa shape index (κ2) is 6.87. The third kappa shape index (κ3) is 3.48. The number of H-pyrrole nitrogens is 2. The summed E-state index contributed by atoms with van der Waals surface area (Å²) < 4.78 is 27.3. The molecule has 4 rings (SSSR count). The maximum Gasteiger partial charge on any atom is 0.272 e. The van der Waals surface area contributed by atoms with Crippen LogP contribution in [0.5, 0.6) is 0 Å². The van der Waals surface area contributed by atoms with Crippen LogP contribution in [0.1, 0.15) is 21.7 Å². The Morgan fingerprint density at radius 3 is 2.63 bits per heavy atom. The number of aromatic nitrogens is 3. The van der Waals surface area contributed by atoms with E-state index in [9.17, 15) is 13.6 Å². The van der Waals surface area contributed by atoms with Crippen molar-refractivity contribution in [1.82, 2.24) is 15.2 Å². The summed E-state index contributed by atoms with van der Waals surface area (Å²) in [4.78, 5) is 14.9. The van der Waals surface area contributed by atoms with Crippen molar-refractivity contribution >= 4 is 34.6 Å². The Balaban J connectivity index is 1.65. The lowest BCUT2D eigenvalue weighted by Gasteiger charge is -2.06. The van der Waals surface area contributed by atoms with Crippen LogP contribution in [-0.2, 0) is 0 Å². The summed E-state index contributed by atoms with van der Waals surface area (Å²) >= 11 is 0. The van der Waals surface area contributed by atoms with Crippen molar-refractivity contribution in [2.45, 2.75) is 0 Å². The second-order valence-electron chi connectivity index (χ2n) is 5.91. The predicted octanol–water partition coefficient (Wildman–Crippen LogP) is 4.59. The highest BCUT2D eigenvalue weighted by Crippen LogP contribution is 2.25. The molecule has 0 aliphatic heterocycles. The molecule has 0 saturated heterocycles. The minimum atomic E-state index is -0.569. The number of carbonyl (C=O) groups is 1. The molecule has 2 aromatic carbocycles. The third-order valence-electron chi connectivity index (χ3n) is 4.07. The lowest BCUT2D eigenvalue weighted by molar-refractivity contribution is 0.102. The maximum atomic E-state index is 14.3. The van der Waals surface area contributed by atoms with E-state index in [-0.39, 0.29) is 11.5 Å². The Labute approximate surface area is 152 Å². The van der Waals surface area contributed by atoms with E-state index in [2.05, 4.69) is 20.5 Å². The fourth-order valence-electron chi connectivity index (χ4n) is 2.69. The van der Waals surface area contributed by atoms with E-state index in [1.165, 1.54) is 24.3 Å². The van der Waals surface area contributed by atoms with Gasteiger partial charge in [0.25, 0.3) is 5.91 Å². The van der Waals surface area contributed by atoms with Crippen LogP contribution in [-0.4, -0.2) is 21.1 Å². The normalized spacial score (nSPS) is 11.3. The predicted molar refractivity (Wildman–Crippen MR) is 100 cm³/mol. The SMILES string of the molecule is O=C(Nc1cc2c(/C=C/c3ccc(F)cc3)n[nH]c2cc1F)c1ccc[nH]1. The van der Waals surface area contributed by atoms with Gasteiger partial charge < -0.3 is 10.3 Å². The van der Waals surface area contributed by atoms with Crippen molar-refractivity contribution in [1.29, 1.82) is 0 Å². The van der Waals surface area contributed by atoms with E-state index in [0.29, 0.717) is 22.3 Å². The molecule has 0 aliphatic carbocycles. The molecule has 27 heavy (non-hydrogen) atoms. The van der Waals surface area contributed by atoms with Crippen molar-refractivity contribution in [2.75, 3.05) is 5.32 Å². The first-order valence-corrected chi connectivity index (χ1v) is 8.16. The zero-order valence-electron chi connectivity index (χ0n) is 14.0. The molecule has 0 fully saturated rings. The second-order valence-corrected chi connectivity index (χ2v) is 5.91. The van der Waals surface area contributed by atoms with Crippen LogP contribution in [0.15, 0.2) is 54.7 Å². The molecule has 3 N–H and O–H groups in total. The number of halogens is 2. The zero-order valence-corrected chi connectivity index (χ0v) is 14.0. The molecule has 134 valence electrons. The van der Waals surface area contributed by atoms with Crippen molar-refractivity contribution in [3.05, 3.63) is 83.3 Å². The van der Waals surface area contributed by atoms with Crippen LogP contribution in [0, 0.1) is 11.6 Å². The van der Waals surface area contributed by atoms with Crippen molar-refractivity contribution in [3.8, 4) is 0 Å². The summed E-state index contributed by atoms with van der Waals surface area (Å²) in [5, 5.41) is 10.1. The highest BCUT2D eigenvalue weighted by molar-refractivity contribution is 6.04. The lowest BCUT2D eigenvalue weighted by Crippen LogP contribution is -2.13. The van der Waals surface area contributed by atoms with Gasteiger partial charge in [-0.1, -0.05) is 18.2 Å². The molecule has 2 aromatic heterocycles. The minimum absolute atomic E-state index is 0.0555. The summed E-state index contributed by atoms with van der Waals surface area (Å²) in [5.74, 6) is -1.32. The molecule has 0 atom stereocenters. The number of benzene rings is 2. The van der Waals surface area contributed by atoms with E-state index in [1.807, 2.05) is 0 Å². The van der Waals surface area contributed by atoms with Gasteiger partial charge in [0.15, 0.2) is 0 Å². The standard InChI is InChI=1S/C20H14F2N4O/c21-13-6-3-12(4-7-13)5-8-16-14-10-19(15(22)11-18(14)26-25-16)24-20(27)17-2-1-9-23-17/h1-11,23H,(H,24,27)(H,25,26)/b8-5+. The van der Waals surface area contributed by atoms with Crippen LogP contribution in [0.2, 0.25) is 0 Å². The van der Waals surface area contributed by atoms with Gasteiger partial charge in [-0.3, -0.25) is 9.89 Å². The number of hydrogen-bond acceptors (Lipinski definition) is 2. The van der Waals surface area contributed by atoms with Gasteiger partial charge in [-0.15, -0.1) is 0 Å². The summed E-state index contributed by atoms with van der Waals surface area (Å²) in [5.41, 5.74) is 2.27. The average molecular weight is 364 g/mol. The minimum Gasteiger partial charge on any atom is -0.357 e. The fraction of sp³-hybridized carbons (Fsp3) is 0. The smallest absolute Gasteiger partial charge is 0.272 e. The third-order valence-corrected chi connectivity index (χ3v) is 4.07. The Morgan fingerprint density at radius 1 is 1.07 bits per heavy atom. The maximum absolute atomic E-state index is 14.3. The van der Waals surface area contributed by atoms with Crippen LogP contribution in [0.25, 0.3) is 23.1 Å². The number of hydrogen-bond donors (Lipinski definition) is 3. The van der Waals surface area contributed by atoms with Crippen molar-refractivity contribution in [3.63, 3.8) is 0 Å². The van der Waals surface area contributed by atoms with Gasteiger partial charge >= 0.3 is 0 Å². The first-order chi connectivity index (χ1) is 13.1. The van der Waals surface area contributed by atoms with Crippen LogP contribution >= 0.6 is 0 Å². The number of aromatic amines is 2. The van der Waals surface area contributed by atoms with E-state index in [4.69, 9.17) is 0 Å².